The highest BCUT2D eigenvalue weighted by atomic mass is 16.1. The molecule has 0 aliphatic rings. The van der Waals surface area contributed by atoms with Gasteiger partial charge in [0.1, 0.15) is 0 Å². The van der Waals surface area contributed by atoms with Crippen LogP contribution >= 0.6 is 0 Å². The van der Waals surface area contributed by atoms with Crippen molar-refractivity contribution in [1.29, 1.82) is 0 Å². The van der Waals surface area contributed by atoms with E-state index in [1.807, 2.05) is 73.7 Å². The summed E-state index contributed by atoms with van der Waals surface area (Å²) >= 11 is 0. The van der Waals surface area contributed by atoms with Gasteiger partial charge >= 0.3 is 0 Å². The number of aromatic nitrogens is 3. The molecule has 0 unspecified atom stereocenters. The summed E-state index contributed by atoms with van der Waals surface area (Å²) in [5.74, 6) is 0. The van der Waals surface area contributed by atoms with Crippen molar-refractivity contribution >= 4 is 21.8 Å². The monoisotopic (exact) mass is 407 g/mol. The van der Waals surface area contributed by atoms with Gasteiger partial charge in [0.25, 0.3) is 11.1 Å². The molecular formula is C26H21N3O2. The lowest BCUT2D eigenvalue weighted by molar-refractivity contribution is 0.765. The molecule has 0 saturated heterocycles. The van der Waals surface area contributed by atoms with E-state index in [0.29, 0.717) is 34.9 Å². The molecule has 0 fully saturated rings. The van der Waals surface area contributed by atoms with Gasteiger partial charge in [0, 0.05) is 12.4 Å². The van der Waals surface area contributed by atoms with Crippen molar-refractivity contribution < 1.29 is 0 Å². The highest BCUT2D eigenvalue weighted by molar-refractivity contribution is 5.91. The smallest absolute Gasteiger partial charge is 0.260 e. The van der Waals surface area contributed by atoms with Crippen LogP contribution in [0.25, 0.3) is 21.8 Å². The maximum Gasteiger partial charge on any atom is 0.260 e. The van der Waals surface area contributed by atoms with Crippen LogP contribution in [-0.2, 0) is 13.1 Å². The Morgan fingerprint density at radius 2 is 1.19 bits per heavy atom. The first kappa shape index (κ1) is 19.0. The molecule has 3 heterocycles. The Kier molecular flexibility index (Phi) is 4.71. The quantitative estimate of drug-likeness (QED) is 0.421. The zero-order valence-corrected chi connectivity index (χ0v) is 17.2. The van der Waals surface area contributed by atoms with E-state index in [2.05, 4.69) is 4.98 Å². The number of fused-ring (bicyclic) bond motifs is 2. The van der Waals surface area contributed by atoms with Gasteiger partial charge in [0.15, 0.2) is 0 Å². The molecule has 0 aliphatic carbocycles. The standard InChI is InChI=1S/C26H21N3O2/c1-18-7-9-20(10-8-18)17-29-14-12-24-22(26(29)31)15-21-23(27-24)11-13-28(25(21)30)16-19-5-3-2-4-6-19/h2-15H,16-17H2,1H3. The molecule has 0 N–H and O–H groups in total. The molecule has 0 aliphatic heterocycles. The van der Waals surface area contributed by atoms with Crippen LogP contribution in [0.5, 0.6) is 0 Å². The van der Waals surface area contributed by atoms with Crippen LogP contribution in [0, 0.1) is 6.92 Å². The number of pyridine rings is 3. The third-order valence-corrected chi connectivity index (χ3v) is 5.56. The van der Waals surface area contributed by atoms with Gasteiger partial charge in [-0.2, -0.15) is 0 Å². The summed E-state index contributed by atoms with van der Waals surface area (Å²) in [5.41, 5.74) is 4.16. The third-order valence-electron chi connectivity index (χ3n) is 5.56. The lowest BCUT2D eigenvalue weighted by Gasteiger charge is -2.10. The van der Waals surface area contributed by atoms with E-state index in [9.17, 15) is 9.59 Å². The minimum atomic E-state index is -0.149. The second-order valence-corrected chi connectivity index (χ2v) is 7.82. The van der Waals surface area contributed by atoms with Gasteiger partial charge in [-0.05, 0) is 36.2 Å². The Balaban J connectivity index is 1.60. The Morgan fingerprint density at radius 3 is 1.74 bits per heavy atom. The van der Waals surface area contributed by atoms with Gasteiger partial charge < -0.3 is 9.13 Å². The van der Waals surface area contributed by atoms with Crippen molar-refractivity contribution in [2.45, 2.75) is 20.0 Å². The summed E-state index contributed by atoms with van der Waals surface area (Å²) in [5, 5.41) is 0.910. The van der Waals surface area contributed by atoms with E-state index in [1.165, 1.54) is 5.56 Å². The summed E-state index contributed by atoms with van der Waals surface area (Å²) < 4.78 is 3.31. The summed E-state index contributed by atoms with van der Waals surface area (Å²) in [4.78, 5) is 30.8. The molecule has 0 amide bonds. The number of benzene rings is 2. The lowest BCUT2D eigenvalue weighted by Crippen LogP contribution is -2.23. The van der Waals surface area contributed by atoms with E-state index in [0.717, 1.165) is 11.1 Å². The molecule has 0 bridgehead atoms. The van der Waals surface area contributed by atoms with E-state index in [4.69, 9.17) is 0 Å². The van der Waals surface area contributed by atoms with E-state index in [-0.39, 0.29) is 11.1 Å². The largest absolute Gasteiger partial charge is 0.310 e. The van der Waals surface area contributed by atoms with Crippen LogP contribution in [-0.4, -0.2) is 14.1 Å². The predicted octanol–water partition coefficient (Wildman–Crippen LogP) is 4.12. The molecule has 5 heteroatoms. The van der Waals surface area contributed by atoms with E-state index < -0.39 is 0 Å². The maximum atomic E-state index is 13.1. The number of rotatable bonds is 4. The fraction of sp³-hybridized carbons (Fsp3) is 0.115. The average Bonchev–Trinajstić information content (AvgIpc) is 2.79. The van der Waals surface area contributed by atoms with Gasteiger partial charge in [-0.25, -0.2) is 4.98 Å². The molecule has 0 saturated carbocycles. The molecule has 3 aromatic heterocycles. The molecule has 5 nitrogen and oxygen atoms in total. The molecule has 0 atom stereocenters. The van der Waals surface area contributed by atoms with Crippen molar-refractivity contribution in [2.24, 2.45) is 0 Å². The molecule has 0 spiro atoms. The first-order valence-electron chi connectivity index (χ1n) is 10.2. The highest BCUT2D eigenvalue weighted by Gasteiger charge is 2.10. The van der Waals surface area contributed by atoms with Crippen molar-refractivity contribution in [3.05, 3.63) is 123 Å². The van der Waals surface area contributed by atoms with Crippen LogP contribution in [0.2, 0.25) is 0 Å². The number of hydrogen-bond acceptors (Lipinski definition) is 3. The number of aryl methyl sites for hydroxylation is 1. The van der Waals surface area contributed by atoms with Crippen LogP contribution in [0.3, 0.4) is 0 Å². The van der Waals surface area contributed by atoms with Gasteiger partial charge in [-0.1, -0.05) is 60.2 Å². The predicted molar refractivity (Wildman–Crippen MR) is 124 cm³/mol. The molecule has 0 radical (unpaired) electrons. The number of hydrogen-bond donors (Lipinski definition) is 0. The number of nitrogens with zero attached hydrogens (tertiary/aromatic N) is 3. The lowest BCUT2D eigenvalue weighted by atomic mass is 10.1. The Hall–Kier alpha value is -3.99. The first-order chi connectivity index (χ1) is 15.1. The molecule has 152 valence electrons. The van der Waals surface area contributed by atoms with Crippen LogP contribution < -0.4 is 11.1 Å². The maximum absolute atomic E-state index is 13.1. The molecule has 5 aromatic rings. The molecule has 5 rings (SSSR count). The average molecular weight is 407 g/mol. The van der Waals surface area contributed by atoms with Crippen molar-refractivity contribution in [3.8, 4) is 0 Å². The molecular weight excluding hydrogens is 386 g/mol. The topological polar surface area (TPSA) is 56.9 Å². The van der Waals surface area contributed by atoms with Gasteiger partial charge in [-0.15, -0.1) is 0 Å². The fourth-order valence-electron chi connectivity index (χ4n) is 3.82. The second-order valence-electron chi connectivity index (χ2n) is 7.82. The summed E-state index contributed by atoms with van der Waals surface area (Å²) in [6.07, 6.45) is 3.52. The first-order valence-corrected chi connectivity index (χ1v) is 10.2. The fourth-order valence-corrected chi connectivity index (χ4v) is 3.82. The minimum absolute atomic E-state index is 0.148. The van der Waals surface area contributed by atoms with E-state index in [1.54, 1.807) is 27.6 Å². The normalized spacial score (nSPS) is 11.3. The molecule has 31 heavy (non-hydrogen) atoms. The Bertz CT molecular complexity index is 1510. The SMILES string of the molecule is Cc1ccc(Cn2ccc3nc4ccn(Cc5ccccc5)c(=O)c4cc3c2=O)cc1. The van der Waals surface area contributed by atoms with Crippen LogP contribution in [0.15, 0.2) is 94.8 Å². The van der Waals surface area contributed by atoms with E-state index >= 15 is 0 Å². The van der Waals surface area contributed by atoms with Crippen molar-refractivity contribution in [2.75, 3.05) is 0 Å². The van der Waals surface area contributed by atoms with Crippen molar-refractivity contribution in [3.63, 3.8) is 0 Å². The van der Waals surface area contributed by atoms with Crippen LogP contribution in [0.1, 0.15) is 16.7 Å². The zero-order chi connectivity index (χ0) is 21.4. The van der Waals surface area contributed by atoms with Crippen LogP contribution in [0.4, 0.5) is 0 Å². The highest BCUT2D eigenvalue weighted by Crippen LogP contribution is 2.15. The van der Waals surface area contributed by atoms with Crippen molar-refractivity contribution in [1.82, 2.24) is 14.1 Å². The summed E-state index contributed by atoms with van der Waals surface area (Å²) in [6, 6.07) is 23.3. The Morgan fingerprint density at radius 1 is 0.677 bits per heavy atom. The Labute approximate surface area is 178 Å². The van der Waals surface area contributed by atoms with Gasteiger partial charge in [-0.3, -0.25) is 9.59 Å². The zero-order valence-electron chi connectivity index (χ0n) is 17.2. The minimum Gasteiger partial charge on any atom is -0.310 e. The molecule has 2 aromatic carbocycles. The summed E-state index contributed by atoms with van der Waals surface area (Å²) in [7, 11) is 0. The third kappa shape index (κ3) is 3.66. The second kappa shape index (κ2) is 7.69. The van der Waals surface area contributed by atoms with Gasteiger partial charge in [0.05, 0.1) is 34.9 Å². The summed E-state index contributed by atoms with van der Waals surface area (Å²) in [6.45, 7) is 2.98. The van der Waals surface area contributed by atoms with Gasteiger partial charge in [0.2, 0.25) is 0 Å².